The Bertz CT molecular complexity index is 845. The number of fused-ring (bicyclic) bond motifs is 1. The second-order valence-corrected chi connectivity index (χ2v) is 4.52. The number of rotatable bonds is 2. The maximum atomic E-state index is 11.3. The van der Waals surface area contributed by atoms with Crippen molar-refractivity contribution < 1.29 is 9.84 Å². The molecule has 0 fully saturated rings. The molecule has 1 heterocycles. The summed E-state index contributed by atoms with van der Waals surface area (Å²) in [5, 5.41) is 11.1. The van der Waals surface area contributed by atoms with Crippen LogP contribution in [0.2, 0.25) is 5.02 Å². The van der Waals surface area contributed by atoms with Crippen LogP contribution in [-0.2, 0) is 0 Å². The van der Waals surface area contributed by atoms with Crippen LogP contribution < -0.4 is 10.3 Å². The van der Waals surface area contributed by atoms with E-state index < -0.39 is 5.56 Å². The first-order valence-corrected chi connectivity index (χ1v) is 6.15. The standard InChI is InChI=1S/C14H9ClN2O3/c15-12-13(19)16-7-17-14(12)20-11-4-2-8-1-3-10(18)5-9(8)6-11/h1-7,18H,(H,16,17,19). The van der Waals surface area contributed by atoms with Crippen LogP contribution in [0.3, 0.4) is 0 Å². The number of nitrogens with one attached hydrogen (secondary N) is 1. The fraction of sp³-hybridized carbons (Fsp3) is 0. The van der Waals surface area contributed by atoms with E-state index in [1.807, 2.05) is 6.07 Å². The third-order valence-electron chi connectivity index (χ3n) is 2.77. The van der Waals surface area contributed by atoms with Crippen LogP contribution in [0.4, 0.5) is 0 Å². The van der Waals surface area contributed by atoms with Crippen LogP contribution in [-0.4, -0.2) is 15.1 Å². The fourth-order valence-corrected chi connectivity index (χ4v) is 1.97. The summed E-state index contributed by atoms with van der Waals surface area (Å²) in [6.07, 6.45) is 1.22. The second-order valence-electron chi connectivity index (χ2n) is 4.15. The van der Waals surface area contributed by atoms with Crippen LogP contribution >= 0.6 is 11.6 Å². The number of H-pyrrole nitrogens is 1. The van der Waals surface area contributed by atoms with Gasteiger partial charge in [-0.1, -0.05) is 23.7 Å². The normalized spacial score (nSPS) is 10.7. The number of phenols is 1. The average molecular weight is 289 g/mol. The molecule has 0 saturated carbocycles. The summed E-state index contributed by atoms with van der Waals surface area (Å²) in [6.45, 7) is 0. The summed E-state index contributed by atoms with van der Waals surface area (Å²) in [6, 6.07) is 10.3. The molecule has 1 aromatic heterocycles. The van der Waals surface area contributed by atoms with Crippen LogP contribution in [0.15, 0.2) is 47.5 Å². The highest BCUT2D eigenvalue weighted by atomic mass is 35.5. The number of ether oxygens (including phenoxy) is 1. The van der Waals surface area contributed by atoms with E-state index in [1.165, 1.54) is 6.33 Å². The van der Waals surface area contributed by atoms with Crippen molar-refractivity contribution >= 4 is 22.4 Å². The van der Waals surface area contributed by atoms with E-state index >= 15 is 0 Å². The summed E-state index contributed by atoms with van der Waals surface area (Å²) < 4.78 is 5.49. The number of aromatic nitrogens is 2. The van der Waals surface area contributed by atoms with Crippen LogP contribution in [0.1, 0.15) is 0 Å². The molecule has 2 N–H and O–H groups in total. The van der Waals surface area contributed by atoms with Gasteiger partial charge in [0.1, 0.15) is 11.5 Å². The van der Waals surface area contributed by atoms with Gasteiger partial charge in [0.2, 0.25) is 5.88 Å². The third-order valence-corrected chi connectivity index (χ3v) is 3.11. The second kappa shape index (κ2) is 4.86. The van der Waals surface area contributed by atoms with Crippen molar-refractivity contribution in [1.29, 1.82) is 0 Å². The van der Waals surface area contributed by atoms with E-state index in [-0.39, 0.29) is 16.7 Å². The molecule has 0 amide bonds. The average Bonchev–Trinajstić information content (AvgIpc) is 2.43. The summed E-state index contributed by atoms with van der Waals surface area (Å²) in [7, 11) is 0. The molecule has 0 spiro atoms. The van der Waals surface area contributed by atoms with Crippen LogP contribution in [0.25, 0.3) is 10.8 Å². The first-order chi connectivity index (χ1) is 9.63. The number of benzene rings is 2. The predicted molar refractivity (Wildman–Crippen MR) is 75.6 cm³/mol. The molecule has 100 valence electrons. The van der Waals surface area contributed by atoms with Gasteiger partial charge < -0.3 is 14.8 Å². The zero-order chi connectivity index (χ0) is 14.1. The van der Waals surface area contributed by atoms with Gasteiger partial charge in [0.25, 0.3) is 5.56 Å². The van der Waals surface area contributed by atoms with Crippen molar-refractivity contribution in [1.82, 2.24) is 9.97 Å². The molecule has 20 heavy (non-hydrogen) atoms. The molecule has 3 aromatic rings. The van der Waals surface area contributed by atoms with Crippen molar-refractivity contribution in [3.05, 3.63) is 58.1 Å². The minimum atomic E-state index is -0.463. The molecule has 0 aliphatic heterocycles. The topological polar surface area (TPSA) is 75.2 Å². The Hall–Kier alpha value is -2.53. The zero-order valence-electron chi connectivity index (χ0n) is 10.1. The molecule has 2 aromatic carbocycles. The predicted octanol–water partition coefficient (Wildman–Crippen LogP) is 3.07. The molecule has 0 aliphatic carbocycles. The Labute approximate surface area is 118 Å². The van der Waals surface area contributed by atoms with E-state index in [1.54, 1.807) is 30.3 Å². The molecule has 5 nitrogen and oxygen atoms in total. The van der Waals surface area contributed by atoms with Crippen LogP contribution in [0.5, 0.6) is 17.4 Å². The lowest BCUT2D eigenvalue weighted by atomic mass is 10.1. The lowest BCUT2D eigenvalue weighted by Gasteiger charge is -2.07. The first-order valence-electron chi connectivity index (χ1n) is 5.77. The fourth-order valence-electron chi connectivity index (χ4n) is 1.83. The van der Waals surface area contributed by atoms with Gasteiger partial charge in [-0.3, -0.25) is 4.79 Å². The number of halogens is 1. The molecular formula is C14H9ClN2O3. The molecule has 0 radical (unpaired) electrons. The summed E-state index contributed by atoms with van der Waals surface area (Å²) in [5.74, 6) is 0.681. The zero-order valence-corrected chi connectivity index (χ0v) is 10.9. The monoisotopic (exact) mass is 288 g/mol. The van der Waals surface area contributed by atoms with Gasteiger partial charge in [-0.25, -0.2) is 4.98 Å². The summed E-state index contributed by atoms with van der Waals surface area (Å²) in [5.41, 5.74) is -0.463. The number of hydrogen-bond donors (Lipinski definition) is 2. The van der Waals surface area contributed by atoms with Crippen molar-refractivity contribution in [2.75, 3.05) is 0 Å². The number of phenolic OH excluding ortho intramolecular Hbond substituents is 1. The molecular weight excluding hydrogens is 280 g/mol. The van der Waals surface area contributed by atoms with E-state index in [0.717, 1.165) is 10.8 Å². The largest absolute Gasteiger partial charge is 0.508 e. The Morgan fingerprint density at radius 3 is 2.80 bits per heavy atom. The van der Waals surface area contributed by atoms with Crippen molar-refractivity contribution in [3.8, 4) is 17.4 Å². The number of aromatic amines is 1. The SMILES string of the molecule is O=c1[nH]cnc(Oc2ccc3ccc(O)cc3c2)c1Cl. The molecule has 0 bridgehead atoms. The minimum Gasteiger partial charge on any atom is -0.508 e. The minimum absolute atomic E-state index is 0.0370. The number of aromatic hydroxyl groups is 1. The first kappa shape index (κ1) is 12.5. The van der Waals surface area contributed by atoms with E-state index in [0.29, 0.717) is 5.75 Å². The van der Waals surface area contributed by atoms with Gasteiger partial charge in [-0.05, 0) is 35.0 Å². The highest BCUT2D eigenvalue weighted by Crippen LogP contribution is 2.28. The lowest BCUT2D eigenvalue weighted by Crippen LogP contribution is -2.07. The highest BCUT2D eigenvalue weighted by Gasteiger charge is 2.08. The summed E-state index contributed by atoms with van der Waals surface area (Å²) in [4.78, 5) is 17.6. The Balaban J connectivity index is 2.02. The van der Waals surface area contributed by atoms with Gasteiger partial charge in [-0.15, -0.1) is 0 Å². The molecule has 0 unspecified atom stereocenters. The lowest BCUT2D eigenvalue weighted by molar-refractivity contribution is 0.461. The van der Waals surface area contributed by atoms with Gasteiger partial charge in [-0.2, -0.15) is 0 Å². The van der Waals surface area contributed by atoms with Crippen molar-refractivity contribution in [2.24, 2.45) is 0 Å². The Morgan fingerprint density at radius 2 is 1.95 bits per heavy atom. The maximum Gasteiger partial charge on any atom is 0.273 e. The molecule has 0 atom stereocenters. The van der Waals surface area contributed by atoms with E-state index in [2.05, 4.69) is 9.97 Å². The van der Waals surface area contributed by atoms with Crippen molar-refractivity contribution in [2.45, 2.75) is 0 Å². The van der Waals surface area contributed by atoms with Crippen LogP contribution in [0, 0.1) is 0 Å². The Kier molecular flexibility index (Phi) is 3.04. The Morgan fingerprint density at radius 1 is 1.15 bits per heavy atom. The number of nitrogens with zero attached hydrogens (tertiary/aromatic N) is 1. The molecule has 6 heteroatoms. The van der Waals surface area contributed by atoms with Gasteiger partial charge in [0.15, 0.2) is 5.02 Å². The molecule has 0 saturated heterocycles. The third kappa shape index (κ3) is 2.31. The van der Waals surface area contributed by atoms with E-state index in [9.17, 15) is 9.90 Å². The van der Waals surface area contributed by atoms with Gasteiger partial charge in [0, 0.05) is 0 Å². The number of hydrogen-bond acceptors (Lipinski definition) is 4. The molecule has 0 aliphatic rings. The highest BCUT2D eigenvalue weighted by molar-refractivity contribution is 6.31. The molecule has 3 rings (SSSR count). The van der Waals surface area contributed by atoms with Crippen molar-refractivity contribution in [3.63, 3.8) is 0 Å². The van der Waals surface area contributed by atoms with Gasteiger partial charge in [0.05, 0.1) is 6.33 Å². The van der Waals surface area contributed by atoms with E-state index in [4.69, 9.17) is 16.3 Å². The smallest absolute Gasteiger partial charge is 0.273 e. The van der Waals surface area contributed by atoms with Gasteiger partial charge >= 0.3 is 0 Å². The quantitative estimate of drug-likeness (QED) is 0.760. The maximum absolute atomic E-state index is 11.3. The summed E-state index contributed by atoms with van der Waals surface area (Å²) >= 11 is 5.82.